The number of ether oxygens (including phenoxy) is 1. The van der Waals surface area contributed by atoms with Crippen LogP contribution in [-0.2, 0) is 22.6 Å². The van der Waals surface area contributed by atoms with Crippen molar-refractivity contribution >= 4 is 17.7 Å². The Bertz CT molecular complexity index is 737. The number of aliphatic carboxylic acids is 1. The maximum atomic E-state index is 12.8. The van der Waals surface area contributed by atoms with E-state index in [0.29, 0.717) is 19.1 Å². The lowest BCUT2D eigenvalue weighted by atomic mass is 10.0. The average Bonchev–Trinajstić information content (AvgIpc) is 3.24. The lowest BCUT2D eigenvalue weighted by molar-refractivity contribution is -0.192. The van der Waals surface area contributed by atoms with Gasteiger partial charge in [0.15, 0.2) is 0 Å². The summed E-state index contributed by atoms with van der Waals surface area (Å²) in [5.74, 6) is -2.12. The molecule has 1 saturated carbocycles. The Balaban J connectivity index is 0.000000423. The molecule has 1 aliphatic carbocycles. The summed E-state index contributed by atoms with van der Waals surface area (Å²) in [5, 5.41) is 10.2. The van der Waals surface area contributed by atoms with Crippen molar-refractivity contribution in [3.63, 3.8) is 0 Å². The van der Waals surface area contributed by atoms with Crippen LogP contribution in [0.4, 0.5) is 23.7 Å². The number of nitrogens with zero attached hydrogens (tertiary/aromatic N) is 1. The van der Waals surface area contributed by atoms with Crippen molar-refractivity contribution in [1.29, 1.82) is 0 Å². The first-order valence-electron chi connectivity index (χ1n) is 10.5. The van der Waals surface area contributed by atoms with E-state index in [9.17, 15) is 18.0 Å². The largest absolute Gasteiger partial charge is 0.490 e. The van der Waals surface area contributed by atoms with Gasteiger partial charge < -0.3 is 25.8 Å². The molecular formula is C21H30F3N3O4. The third kappa shape index (κ3) is 8.02. The zero-order valence-corrected chi connectivity index (χ0v) is 17.4. The summed E-state index contributed by atoms with van der Waals surface area (Å²) < 4.78 is 37.3. The number of carbonyl (C=O) groups is 2. The Labute approximate surface area is 179 Å². The first-order valence-corrected chi connectivity index (χ1v) is 10.5. The minimum atomic E-state index is -5.08. The SMILES string of the molecule is NCCCN(CC1CCCC1)C(=O)Nc1cccc2c1COCC2.O=C(O)C(F)(F)F. The highest BCUT2D eigenvalue weighted by molar-refractivity contribution is 5.90. The number of nitrogens with two attached hydrogens (primary N) is 1. The number of benzene rings is 1. The number of nitrogens with one attached hydrogen (secondary N) is 1. The molecule has 31 heavy (non-hydrogen) atoms. The molecule has 1 aliphatic heterocycles. The molecule has 0 atom stereocenters. The summed E-state index contributed by atoms with van der Waals surface area (Å²) in [6, 6.07) is 6.11. The molecule has 1 aromatic carbocycles. The molecule has 1 fully saturated rings. The second-order valence-electron chi connectivity index (χ2n) is 7.72. The lowest BCUT2D eigenvalue weighted by Gasteiger charge is -2.27. The van der Waals surface area contributed by atoms with E-state index in [1.54, 1.807) is 0 Å². The standard InChI is InChI=1S/C19H29N3O2.C2HF3O2/c20-10-4-11-22(13-15-5-1-2-6-15)19(23)21-18-8-3-7-16-9-12-24-14-17(16)18;3-2(4,5)1(6)7/h3,7-8,15H,1-2,4-6,9-14,20H2,(H,21,23);(H,6,7). The Morgan fingerprint density at radius 3 is 2.55 bits per heavy atom. The number of fused-ring (bicyclic) bond motifs is 1. The molecule has 0 radical (unpaired) electrons. The minimum absolute atomic E-state index is 0.00526. The van der Waals surface area contributed by atoms with Crippen LogP contribution < -0.4 is 11.1 Å². The molecule has 0 unspecified atom stereocenters. The van der Waals surface area contributed by atoms with Crippen LogP contribution in [0.5, 0.6) is 0 Å². The van der Waals surface area contributed by atoms with Crippen molar-refractivity contribution in [3.8, 4) is 0 Å². The number of rotatable bonds is 6. The van der Waals surface area contributed by atoms with Crippen LogP contribution in [0.3, 0.4) is 0 Å². The summed E-state index contributed by atoms with van der Waals surface area (Å²) in [4.78, 5) is 23.7. The highest BCUT2D eigenvalue weighted by Crippen LogP contribution is 2.27. The lowest BCUT2D eigenvalue weighted by Crippen LogP contribution is -2.39. The molecule has 1 heterocycles. The molecule has 10 heteroatoms. The van der Waals surface area contributed by atoms with Crippen molar-refractivity contribution in [1.82, 2.24) is 4.90 Å². The van der Waals surface area contributed by atoms with E-state index >= 15 is 0 Å². The number of carboxylic acids is 1. The van der Waals surface area contributed by atoms with Crippen LogP contribution in [0.15, 0.2) is 18.2 Å². The Kier molecular flexibility index (Phi) is 9.57. The smallest absolute Gasteiger partial charge is 0.475 e. The summed E-state index contributed by atoms with van der Waals surface area (Å²) >= 11 is 0. The van der Waals surface area contributed by atoms with Gasteiger partial charge in [0, 0.05) is 24.3 Å². The predicted octanol–water partition coefficient (Wildman–Crippen LogP) is 3.77. The summed E-state index contributed by atoms with van der Waals surface area (Å²) in [6.07, 6.45) is 1.73. The van der Waals surface area contributed by atoms with Crippen LogP contribution in [-0.4, -0.2) is 54.4 Å². The minimum Gasteiger partial charge on any atom is -0.475 e. The highest BCUT2D eigenvalue weighted by Gasteiger charge is 2.38. The predicted molar refractivity (Wildman–Crippen MR) is 110 cm³/mol. The van der Waals surface area contributed by atoms with E-state index in [2.05, 4.69) is 11.4 Å². The molecule has 7 nitrogen and oxygen atoms in total. The van der Waals surface area contributed by atoms with Gasteiger partial charge in [0.1, 0.15) is 0 Å². The number of urea groups is 1. The van der Waals surface area contributed by atoms with E-state index < -0.39 is 12.1 Å². The van der Waals surface area contributed by atoms with Crippen LogP contribution in [0.2, 0.25) is 0 Å². The van der Waals surface area contributed by atoms with Crippen molar-refractivity contribution in [3.05, 3.63) is 29.3 Å². The number of halogens is 3. The molecule has 0 saturated heterocycles. The Hall–Kier alpha value is -2.33. The van der Waals surface area contributed by atoms with Crippen LogP contribution in [0.25, 0.3) is 0 Å². The molecular weight excluding hydrogens is 415 g/mol. The third-order valence-electron chi connectivity index (χ3n) is 5.39. The molecule has 2 amide bonds. The van der Waals surface area contributed by atoms with Crippen molar-refractivity contribution in [2.45, 2.75) is 51.3 Å². The molecule has 3 rings (SSSR count). The number of hydrogen-bond donors (Lipinski definition) is 3. The Morgan fingerprint density at radius 1 is 1.26 bits per heavy atom. The van der Waals surface area contributed by atoms with Crippen LogP contribution >= 0.6 is 0 Å². The Morgan fingerprint density at radius 2 is 1.94 bits per heavy atom. The number of anilines is 1. The first kappa shape index (κ1) is 24.9. The van der Waals surface area contributed by atoms with Gasteiger partial charge >= 0.3 is 18.2 Å². The van der Waals surface area contributed by atoms with Gasteiger partial charge in [-0.15, -0.1) is 0 Å². The second kappa shape index (κ2) is 11.9. The van der Waals surface area contributed by atoms with Gasteiger partial charge in [-0.2, -0.15) is 13.2 Å². The van der Waals surface area contributed by atoms with E-state index in [1.807, 2.05) is 17.0 Å². The second-order valence-corrected chi connectivity index (χ2v) is 7.72. The molecule has 0 spiro atoms. The van der Waals surface area contributed by atoms with Gasteiger partial charge in [0.05, 0.1) is 13.2 Å². The van der Waals surface area contributed by atoms with Gasteiger partial charge in [0.25, 0.3) is 0 Å². The maximum absolute atomic E-state index is 12.8. The molecule has 1 aromatic rings. The van der Waals surface area contributed by atoms with Gasteiger partial charge in [-0.05, 0) is 49.8 Å². The maximum Gasteiger partial charge on any atom is 0.490 e. The third-order valence-corrected chi connectivity index (χ3v) is 5.39. The van der Waals surface area contributed by atoms with E-state index in [0.717, 1.165) is 43.8 Å². The van der Waals surface area contributed by atoms with Gasteiger partial charge in [-0.1, -0.05) is 25.0 Å². The number of amides is 2. The van der Waals surface area contributed by atoms with E-state index in [-0.39, 0.29) is 6.03 Å². The zero-order valence-electron chi connectivity index (χ0n) is 17.4. The zero-order chi connectivity index (χ0) is 22.9. The fourth-order valence-electron chi connectivity index (χ4n) is 3.77. The van der Waals surface area contributed by atoms with Gasteiger partial charge in [-0.3, -0.25) is 0 Å². The van der Waals surface area contributed by atoms with Crippen LogP contribution in [0.1, 0.15) is 43.2 Å². The quantitative estimate of drug-likeness (QED) is 0.618. The van der Waals surface area contributed by atoms with E-state index in [4.69, 9.17) is 20.4 Å². The van der Waals surface area contributed by atoms with Crippen molar-refractivity contribution in [2.24, 2.45) is 11.7 Å². The van der Waals surface area contributed by atoms with Gasteiger partial charge in [0.2, 0.25) is 0 Å². The average molecular weight is 445 g/mol. The monoisotopic (exact) mass is 445 g/mol. The number of alkyl halides is 3. The molecule has 4 N–H and O–H groups in total. The fourth-order valence-corrected chi connectivity index (χ4v) is 3.77. The van der Waals surface area contributed by atoms with Crippen LogP contribution in [0, 0.1) is 5.92 Å². The molecule has 2 aliphatic rings. The number of carbonyl (C=O) groups excluding carboxylic acids is 1. The van der Waals surface area contributed by atoms with Gasteiger partial charge in [-0.25, -0.2) is 9.59 Å². The molecule has 174 valence electrons. The first-order chi connectivity index (χ1) is 14.7. The van der Waals surface area contributed by atoms with Crippen molar-refractivity contribution in [2.75, 3.05) is 31.6 Å². The highest BCUT2D eigenvalue weighted by atomic mass is 19.4. The van der Waals surface area contributed by atoms with Crippen molar-refractivity contribution < 1.29 is 32.6 Å². The summed E-state index contributed by atoms with van der Waals surface area (Å²) in [5.41, 5.74) is 8.95. The topological polar surface area (TPSA) is 105 Å². The number of carboxylic acid groups (broad SMARTS) is 1. The van der Waals surface area contributed by atoms with E-state index in [1.165, 1.54) is 31.2 Å². The fraction of sp³-hybridized carbons (Fsp3) is 0.619. The summed E-state index contributed by atoms with van der Waals surface area (Å²) in [7, 11) is 0. The number of hydrogen-bond acceptors (Lipinski definition) is 4. The molecule has 0 bridgehead atoms. The summed E-state index contributed by atoms with van der Waals surface area (Å²) in [6.45, 7) is 3.52. The molecule has 0 aromatic heterocycles. The normalized spacial score (nSPS) is 16.1.